The molecule has 0 unspecified atom stereocenters. The minimum Gasteiger partial charge on any atom is -0.357 e. The lowest BCUT2D eigenvalue weighted by molar-refractivity contribution is -0.116. The summed E-state index contributed by atoms with van der Waals surface area (Å²) >= 11 is 0. The van der Waals surface area contributed by atoms with Gasteiger partial charge in [-0.2, -0.15) is 0 Å². The Morgan fingerprint density at radius 2 is 1.97 bits per heavy atom. The number of carbonyl (C=O) groups excluding carboxylic acids is 2. The highest BCUT2D eigenvalue weighted by molar-refractivity contribution is 5.94. The van der Waals surface area contributed by atoms with Crippen LogP contribution >= 0.6 is 0 Å². The van der Waals surface area contributed by atoms with Gasteiger partial charge in [0.05, 0.1) is 6.54 Å². The van der Waals surface area contributed by atoms with E-state index in [0.717, 1.165) is 24.1 Å². The fourth-order valence-corrected chi connectivity index (χ4v) is 2.70. The van der Waals surface area contributed by atoms with E-state index < -0.39 is 0 Å². The Bertz CT molecular complexity index is 864. The number of aliphatic imine (C=N–C) groups is 1. The van der Waals surface area contributed by atoms with Crippen molar-refractivity contribution in [2.75, 3.05) is 32.0 Å². The zero-order valence-electron chi connectivity index (χ0n) is 17.8. The van der Waals surface area contributed by atoms with Crippen LogP contribution < -0.4 is 21.3 Å². The van der Waals surface area contributed by atoms with Crippen LogP contribution in [0.4, 0.5) is 5.82 Å². The maximum absolute atomic E-state index is 12.1. The van der Waals surface area contributed by atoms with Crippen LogP contribution in [0.15, 0.2) is 47.6 Å². The normalized spacial score (nSPS) is 11.0. The van der Waals surface area contributed by atoms with Crippen LogP contribution in [0.5, 0.6) is 0 Å². The Morgan fingerprint density at radius 1 is 1.13 bits per heavy atom. The number of benzene rings is 1. The predicted molar refractivity (Wildman–Crippen MR) is 120 cm³/mol. The molecule has 8 nitrogen and oxygen atoms in total. The topological polar surface area (TPSA) is 108 Å². The van der Waals surface area contributed by atoms with Gasteiger partial charge in [0.1, 0.15) is 5.82 Å². The second-order valence-corrected chi connectivity index (χ2v) is 6.74. The van der Waals surface area contributed by atoms with Crippen molar-refractivity contribution < 1.29 is 9.59 Å². The summed E-state index contributed by atoms with van der Waals surface area (Å²) in [5.41, 5.74) is 2.74. The summed E-state index contributed by atoms with van der Waals surface area (Å²) < 4.78 is 0. The highest BCUT2D eigenvalue weighted by atomic mass is 16.2. The number of nitrogens with zero attached hydrogens (tertiary/aromatic N) is 2. The molecule has 160 valence electrons. The lowest BCUT2D eigenvalue weighted by atomic mass is 10.1. The number of pyridine rings is 1. The van der Waals surface area contributed by atoms with Crippen molar-refractivity contribution in [3.8, 4) is 0 Å². The summed E-state index contributed by atoms with van der Waals surface area (Å²) in [6, 6.07) is 11.2. The number of carbonyl (C=O) groups is 2. The Kier molecular flexibility index (Phi) is 9.30. The molecule has 0 spiro atoms. The van der Waals surface area contributed by atoms with E-state index in [1.807, 2.05) is 38.1 Å². The third-order valence-electron chi connectivity index (χ3n) is 4.25. The first kappa shape index (κ1) is 22.9. The number of aromatic nitrogens is 1. The molecule has 30 heavy (non-hydrogen) atoms. The summed E-state index contributed by atoms with van der Waals surface area (Å²) in [5.74, 6) is 0.968. The molecule has 1 aromatic carbocycles. The average Bonchev–Trinajstić information content (AvgIpc) is 2.75. The molecule has 4 N–H and O–H groups in total. The lowest BCUT2D eigenvalue weighted by Gasteiger charge is -2.12. The Morgan fingerprint density at radius 3 is 2.67 bits per heavy atom. The number of nitrogens with one attached hydrogen (secondary N) is 4. The van der Waals surface area contributed by atoms with Gasteiger partial charge in [0.15, 0.2) is 5.96 Å². The molecule has 0 atom stereocenters. The summed E-state index contributed by atoms with van der Waals surface area (Å²) in [7, 11) is 1.62. The molecule has 0 bridgehead atoms. The highest BCUT2D eigenvalue weighted by Gasteiger charge is 2.05. The molecular weight excluding hydrogens is 380 g/mol. The number of guanidine groups is 1. The van der Waals surface area contributed by atoms with Crippen molar-refractivity contribution in [2.24, 2.45) is 4.99 Å². The first-order chi connectivity index (χ1) is 14.5. The zero-order chi connectivity index (χ0) is 21.8. The third-order valence-corrected chi connectivity index (χ3v) is 4.25. The van der Waals surface area contributed by atoms with Gasteiger partial charge in [-0.1, -0.05) is 18.2 Å². The van der Waals surface area contributed by atoms with Gasteiger partial charge in [0, 0.05) is 38.3 Å². The third kappa shape index (κ3) is 7.90. The molecule has 0 fully saturated rings. The van der Waals surface area contributed by atoms with Crippen molar-refractivity contribution in [1.29, 1.82) is 0 Å². The summed E-state index contributed by atoms with van der Waals surface area (Å²) in [6.45, 7) is 5.67. The maximum atomic E-state index is 12.1. The molecule has 0 aliphatic heterocycles. The number of hydrogen-bond donors (Lipinski definition) is 4. The van der Waals surface area contributed by atoms with Crippen LogP contribution in [0.25, 0.3) is 0 Å². The Hall–Kier alpha value is -3.42. The molecule has 0 saturated heterocycles. The van der Waals surface area contributed by atoms with E-state index in [4.69, 9.17) is 0 Å². The van der Waals surface area contributed by atoms with E-state index in [0.29, 0.717) is 30.4 Å². The van der Waals surface area contributed by atoms with Gasteiger partial charge in [0.25, 0.3) is 5.91 Å². The summed E-state index contributed by atoms with van der Waals surface area (Å²) in [4.78, 5) is 32.4. The van der Waals surface area contributed by atoms with E-state index in [9.17, 15) is 9.59 Å². The fraction of sp³-hybridized carbons (Fsp3) is 0.364. The van der Waals surface area contributed by atoms with Crippen LogP contribution in [0.3, 0.4) is 0 Å². The van der Waals surface area contributed by atoms with Crippen LogP contribution in [-0.2, 0) is 11.2 Å². The van der Waals surface area contributed by atoms with Gasteiger partial charge in [-0.25, -0.2) is 4.98 Å². The van der Waals surface area contributed by atoms with E-state index in [2.05, 4.69) is 31.2 Å². The van der Waals surface area contributed by atoms with Crippen molar-refractivity contribution in [2.45, 2.75) is 26.7 Å². The van der Waals surface area contributed by atoms with Gasteiger partial charge < -0.3 is 21.3 Å². The average molecular weight is 411 g/mol. The van der Waals surface area contributed by atoms with Gasteiger partial charge in [-0.15, -0.1) is 0 Å². The molecule has 1 heterocycles. The standard InChI is InChI=1S/C22H30N6O2/c1-4-24-22(25-12-10-17-6-5-7-18(14-17)21(30)23-3)26-13-11-20(29)28-19-9-8-16(2)15-27-19/h5-9,14-15H,4,10-13H2,1-3H3,(H,23,30)(H2,24,25,26)(H,27,28,29). The Balaban J connectivity index is 1.80. The first-order valence-electron chi connectivity index (χ1n) is 10.1. The lowest BCUT2D eigenvalue weighted by Crippen LogP contribution is -2.38. The second-order valence-electron chi connectivity index (χ2n) is 6.74. The molecule has 8 heteroatoms. The highest BCUT2D eigenvalue weighted by Crippen LogP contribution is 2.06. The van der Waals surface area contributed by atoms with Crippen molar-refractivity contribution >= 4 is 23.6 Å². The monoisotopic (exact) mass is 410 g/mol. The number of hydrogen-bond acceptors (Lipinski definition) is 4. The molecule has 0 aliphatic rings. The van der Waals surface area contributed by atoms with Crippen molar-refractivity contribution in [3.05, 3.63) is 59.3 Å². The quantitative estimate of drug-likeness (QED) is 0.373. The minimum atomic E-state index is -0.128. The fourth-order valence-electron chi connectivity index (χ4n) is 2.70. The number of rotatable bonds is 9. The Labute approximate surface area is 177 Å². The minimum absolute atomic E-state index is 0.0983. The van der Waals surface area contributed by atoms with E-state index in [1.165, 1.54) is 0 Å². The molecule has 0 radical (unpaired) electrons. The second kappa shape index (κ2) is 12.2. The molecular formula is C22H30N6O2. The first-order valence-corrected chi connectivity index (χ1v) is 10.1. The molecule has 2 amide bonds. The van der Waals surface area contributed by atoms with E-state index in [1.54, 1.807) is 25.4 Å². The van der Waals surface area contributed by atoms with Gasteiger partial charge in [-0.3, -0.25) is 14.6 Å². The van der Waals surface area contributed by atoms with Gasteiger partial charge >= 0.3 is 0 Å². The molecule has 2 rings (SSSR count). The zero-order valence-corrected chi connectivity index (χ0v) is 17.8. The van der Waals surface area contributed by atoms with Gasteiger partial charge in [0.2, 0.25) is 5.91 Å². The number of anilines is 1. The van der Waals surface area contributed by atoms with Crippen molar-refractivity contribution in [3.63, 3.8) is 0 Å². The molecule has 1 aromatic heterocycles. The van der Waals surface area contributed by atoms with Crippen molar-refractivity contribution in [1.82, 2.24) is 20.9 Å². The summed E-state index contributed by atoms with van der Waals surface area (Å²) in [6.07, 6.45) is 2.72. The summed E-state index contributed by atoms with van der Waals surface area (Å²) in [5, 5.41) is 11.8. The maximum Gasteiger partial charge on any atom is 0.251 e. The molecule has 0 aliphatic carbocycles. The predicted octanol–water partition coefficient (Wildman–Crippen LogP) is 1.88. The largest absolute Gasteiger partial charge is 0.357 e. The molecule has 2 aromatic rings. The smallest absolute Gasteiger partial charge is 0.251 e. The van der Waals surface area contributed by atoms with Gasteiger partial charge in [-0.05, 0) is 49.6 Å². The van der Waals surface area contributed by atoms with Crippen LogP contribution in [0.1, 0.15) is 34.8 Å². The van der Waals surface area contributed by atoms with Crippen LogP contribution in [-0.4, -0.2) is 49.4 Å². The SMILES string of the molecule is CCNC(=NCCC(=O)Nc1ccc(C)cn1)NCCc1cccc(C(=O)NC)c1. The van der Waals surface area contributed by atoms with E-state index in [-0.39, 0.29) is 18.2 Å². The number of amides is 2. The number of aryl methyl sites for hydroxylation is 1. The van der Waals surface area contributed by atoms with Crippen LogP contribution in [0, 0.1) is 6.92 Å². The van der Waals surface area contributed by atoms with E-state index >= 15 is 0 Å². The van der Waals surface area contributed by atoms with Crippen LogP contribution in [0.2, 0.25) is 0 Å². The molecule has 0 saturated carbocycles.